The molecule has 0 saturated heterocycles. The molecule has 0 bridgehead atoms. The molecule has 0 aromatic heterocycles. The summed E-state index contributed by atoms with van der Waals surface area (Å²) in [5.74, 6) is -0.667. The van der Waals surface area contributed by atoms with Crippen molar-refractivity contribution in [2.24, 2.45) is 0 Å². The van der Waals surface area contributed by atoms with Crippen LogP contribution in [0.3, 0.4) is 0 Å². The van der Waals surface area contributed by atoms with Crippen LogP contribution < -0.4 is 0 Å². The van der Waals surface area contributed by atoms with E-state index >= 15 is 0 Å². The molecule has 0 aromatic rings. The zero-order valence-corrected chi connectivity index (χ0v) is 7.35. The van der Waals surface area contributed by atoms with Crippen molar-refractivity contribution >= 4 is 23.9 Å². The average molecular weight is 179 g/mol. The molecule has 0 aliphatic rings. The number of esters is 1. The summed E-state index contributed by atoms with van der Waals surface area (Å²) in [6.45, 7) is 3.55. The fourth-order valence-electron chi connectivity index (χ4n) is 0.527. The maximum absolute atomic E-state index is 10.9. The van der Waals surface area contributed by atoms with E-state index in [-0.39, 0.29) is 13.0 Å². The predicted octanol–water partition coefficient (Wildman–Crippen LogP) is 1.14. The van der Waals surface area contributed by atoms with Crippen LogP contribution in [0.2, 0.25) is 0 Å². The SMILES string of the molecule is CCOC(=O)C(Cl)(C=O)CC. The van der Waals surface area contributed by atoms with Gasteiger partial charge in [0.2, 0.25) is 0 Å². The number of aldehydes is 1. The molecule has 64 valence electrons. The van der Waals surface area contributed by atoms with Crippen molar-refractivity contribution in [2.75, 3.05) is 6.61 Å². The molecule has 0 fully saturated rings. The van der Waals surface area contributed by atoms with Gasteiger partial charge in [-0.2, -0.15) is 0 Å². The Morgan fingerprint density at radius 3 is 2.45 bits per heavy atom. The summed E-state index contributed by atoms with van der Waals surface area (Å²) in [6.07, 6.45) is 0.656. The number of hydrogen-bond donors (Lipinski definition) is 0. The molecule has 0 amide bonds. The summed E-state index contributed by atoms with van der Waals surface area (Å²) in [7, 11) is 0. The summed E-state index contributed by atoms with van der Waals surface area (Å²) in [5.41, 5.74) is 0. The van der Waals surface area contributed by atoms with Gasteiger partial charge in [0.15, 0.2) is 11.2 Å². The van der Waals surface area contributed by atoms with Crippen molar-refractivity contribution in [2.45, 2.75) is 25.1 Å². The molecule has 0 saturated carbocycles. The van der Waals surface area contributed by atoms with Crippen LogP contribution in [0.4, 0.5) is 0 Å². The molecule has 4 heteroatoms. The van der Waals surface area contributed by atoms with E-state index in [0.717, 1.165) is 0 Å². The molecule has 0 radical (unpaired) electrons. The molecule has 11 heavy (non-hydrogen) atoms. The first-order chi connectivity index (χ1) is 5.10. The number of carbonyl (C=O) groups excluding carboxylic acids is 2. The van der Waals surface area contributed by atoms with Crippen LogP contribution in [-0.4, -0.2) is 23.7 Å². The van der Waals surface area contributed by atoms with E-state index in [1.807, 2.05) is 0 Å². The fourth-order valence-corrected chi connectivity index (χ4v) is 0.581. The molecule has 0 aromatic carbocycles. The smallest absolute Gasteiger partial charge is 0.334 e. The molecule has 0 spiro atoms. The van der Waals surface area contributed by atoms with Gasteiger partial charge in [-0.15, -0.1) is 0 Å². The van der Waals surface area contributed by atoms with E-state index in [9.17, 15) is 9.59 Å². The average Bonchev–Trinajstić information content (AvgIpc) is 2.03. The summed E-state index contributed by atoms with van der Waals surface area (Å²) in [4.78, 5) is 19.8. The molecule has 0 aliphatic heterocycles. The Kier molecular flexibility index (Phi) is 4.11. The first kappa shape index (κ1) is 10.4. The lowest BCUT2D eigenvalue weighted by Gasteiger charge is -2.15. The van der Waals surface area contributed by atoms with Crippen LogP contribution >= 0.6 is 11.6 Å². The van der Waals surface area contributed by atoms with Crippen molar-refractivity contribution in [3.8, 4) is 0 Å². The monoisotopic (exact) mass is 178 g/mol. The van der Waals surface area contributed by atoms with E-state index in [0.29, 0.717) is 6.29 Å². The van der Waals surface area contributed by atoms with Gasteiger partial charge >= 0.3 is 5.97 Å². The Hall–Kier alpha value is -0.570. The van der Waals surface area contributed by atoms with Gasteiger partial charge in [0, 0.05) is 0 Å². The minimum absolute atomic E-state index is 0.237. The Morgan fingerprint density at radius 2 is 2.18 bits per heavy atom. The van der Waals surface area contributed by atoms with Crippen molar-refractivity contribution in [1.29, 1.82) is 0 Å². The van der Waals surface area contributed by atoms with E-state index in [2.05, 4.69) is 4.74 Å². The number of ether oxygens (including phenoxy) is 1. The Balaban J connectivity index is 4.24. The van der Waals surface area contributed by atoms with Crippen LogP contribution in [0.25, 0.3) is 0 Å². The maximum atomic E-state index is 10.9. The highest BCUT2D eigenvalue weighted by Crippen LogP contribution is 2.18. The third-order valence-electron chi connectivity index (χ3n) is 1.32. The summed E-state index contributed by atoms with van der Waals surface area (Å²) < 4.78 is 4.59. The Bertz CT molecular complexity index is 158. The van der Waals surface area contributed by atoms with E-state index < -0.39 is 10.8 Å². The number of rotatable bonds is 4. The molecule has 0 rings (SSSR count). The van der Waals surface area contributed by atoms with Gasteiger partial charge in [-0.05, 0) is 13.3 Å². The minimum Gasteiger partial charge on any atom is -0.464 e. The molecular formula is C7H11ClO3. The van der Waals surface area contributed by atoms with E-state index in [1.54, 1.807) is 13.8 Å². The quantitative estimate of drug-likeness (QED) is 0.281. The van der Waals surface area contributed by atoms with E-state index in [1.165, 1.54) is 0 Å². The highest BCUT2D eigenvalue weighted by molar-refractivity contribution is 6.42. The molecule has 1 atom stereocenters. The van der Waals surface area contributed by atoms with Gasteiger partial charge in [-0.3, -0.25) is 0 Å². The molecule has 1 unspecified atom stereocenters. The second-order valence-corrected chi connectivity index (χ2v) is 2.73. The van der Waals surface area contributed by atoms with Gasteiger partial charge in [-0.1, -0.05) is 18.5 Å². The lowest BCUT2D eigenvalue weighted by molar-refractivity contribution is -0.147. The van der Waals surface area contributed by atoms with Crippen molar-refractivity contribution in [3.63, 3.8) is 0 Å². The molecular weight excluding hydrogens is 168 g/mol. The van der Waals surface area contributed by atoms with E-state index in [4.69, 9.17) is 11.6 Å². The zero-order valence-electron chi connectivity index (χ0n) is 6.59. The van der Waals surface area contributed by atoms with Gasteiger partial charge in [0.1, 0.15) is 0 Å². The first-order valence-corrected chi connectivity index (χ1v) is 3.81. The van der Waals surface area contributed by atoms with Crippen molar-refractivity contribution in [3.05, 3.63) is 0 Å². The number of carbonyl (C=O) groups is 2. The van der Waals surface area contributed by atoms with Gasteiger partial charge < -0.3 is 9.53 Å². The van der Waals surface area contributed by atoms with Crippen LogP contribution in [-0.2, 0) is 14.3 Å². The number of hydrogen-bond acceptors (Lipinski definition) is 3. The minimum atomic E-state index is -1.48. The predicted molar refractivity (Wildman–Crippen MR) is 41.6 cm³/mol. The second-order valence-electron chi connectivity index (χ2n) is 2.05. The van der Waals surface area contributed by atoms with Crippen molar-refractivity contribution < 1.29 is 14.3 Å². The number of halogens is 1. The van der Waals surface area contributed by atoms with Gasteiger partial charge in [0.25, 0.3) is 0 Å². The van der Waals surface area contributed by atoms with Crippen LogP contribution in [0, 0.1) is 0 Å². The highest BCUT2D eigenvalue weighted by atomic mass is 35.5. The summed E-state index contributed by atoms with van der Waals surface area (Å²) >= 11 is 5.59. The standard InChI is InChI=1S/C7H11ClO3/c1-3-7(8,5-9)6(10)11-4-2/h5H,3-4H2,1-2H3. The largest absolute Gasteiger partial charge is 0.464 e. The first-order valence-electron chi connectivity index (χ1n) is 3.43. The molecule has 0 aliphatic carbocycles. The van der Waals surface area contributed by atoms with Crippen molar-refractivity contribution in [1.82, 2.24) is 0 Å². The van der Waals surface area contributed by atoms with Crippen LogP contribution in [0.15, 0.2) is 0 Å². The van der Waals surface area contributed by atoms with Crippen LogP contribution in [0.1, 0.15) is 20.3 Å². The topological polar surface area (TPSA) is 43.4 Å². The lowest BCUT2D eigenvalue weighted by Crippen LogP contribution is -2.35. The lowest BCUT2D eigenvalue weighted by atomic mass is 10.1. The Labute approximate surface area is 70.7 Å². The molecule has 0 N–H and O–H groups in total. The Morgan fingerprint density at radius 1 is 1.64 bits per heavy atom. The summed E-state index contributed by atoms with van der Waals surface area (Å²) in [6, 6.07) is 0. The highest BCUT2D eigenvalue weighted by Gasteiger charge is 2.35. The fraction of sp³-hybridized carbons (Fsp3) is 0.714. The third-order valence-corrected chi connectivity index (χ3v) is 1.83. The summed E-state index contributed by atoms with van der Waals surface area (Å²) in [5, 5.41) is 0. The molecule has 3 nitrogen and oxygen atoms in total. The van der Waals surface area contributed by atoms with Gasteiger partial charge in [-0.25, -0.2) is 4.79 Å². The normalized spacial score (nSPS) is 15.2. The third kappa shape index (κ3) is 2.50. The maximum Gasteiger partial charge on any atom is 0.334 e. The second kappa shape index (κ2) is 4.34. The van der Waals surface area contributed by atoms with Gasteiger partial charge in [0.05, 0.1) is 6.61 Å². The van der Waals surface area contributed by atoms with Crippen LogP contribution in [0.5, 0.6) is 0 Å². The number of alkyl halides is 1. The zero-order chi connectivity index (χ0) is 8.91. The molecule has 0 heterocycles.